The first kappa shape index (κ1) is 13.2. The number of thioether (sulfide) groups is 1. The third-order valence-electron chi connectivity index (χ3n) is 4.09. The minimum atomic E-state index is 0.192. The number of hydrogen-bond acceptors (Lipinski definition) is 4. The predicted molar refractivity (Wildman–Crippen MR) is 87.9 cm³/mol. The van der Waals surface area contributed by atoms with Gasteiger partial charge in [-0.05, 0) is 47.3 Å². The summed E-state index contributed by atoms with van der Waals surface area (Å²) in [5.74, 6) is 1.67. The summed E-state index contributed by atoms with van der Waals surface area (Å²) in [4.78, 5) is 15.1. The Kier molecular flexibility index (Phi) is 3.32. The molecule has 5 heteroatoms. The second-order valence-electron chi connectivity index (χ2n) is 5.31. The van der Waals surface area contributed by atoms with Gasteiger partial charge in [0.05, 0.1) is 9.70 Å². The lowest BCUT2D eigenvalue weighted by Crippen LogP contribution is -2.30. The summed E-state index contributed by atoms with van der Waals surface area (Å²) in [6, 6.07) is 4.26. The summed E-state index contributed by atoms with van der Waals surface area (Å²) in [6.07, 6.45) is 3.82. The van der Waals surface area contributed by atoms with Crippen LogP contribution in [0.1, 0.15) is 36.5 Å². The predicted octanol–water partition coefficient (Wildman–Crippen LogP) is 4.55. The zero-order valence-electron chi connectivity index (χ0n) is 10.9. The van der Waals surface area contributed by atoms with Gasteiger partial charge in [0, 0.05) is 38.9 Å². The number of dihydropyridines is 1. The molecule has 0 aromatic carbocycles. The second kappa shape index (κ2) is 5.04. The molecule has 104 valence electrons. The van der Waals surface area contributed by atoms with E-state index in [4.69, 9.17) is 0 Å². The van der Waals surface area contributed by atoms with Crippen molar-refractivity contribution in [1.29, 1.82) is 0 Å². The monoisotopic (exact) mass is 367 g/mol. The van der Waals surface area contributed by atoms with Gasteiger partial charge in [-0.15, -0.1) is 23.1 Å². The van der Waals surface area contributed by atoms with Crippen LogP contribution in [0.4, 0.5) is 0 Å². The maximum absolute atomic E-state index is 12.5. The van der Waals surface area contributed by atoms with Crippen molar-refractivity contribution in [3.8, 4) is 0 Å². The quantitative estimate of drug-likeness (QED) is 0.788. The highest BCUT2D eigenvalue weighted by Crippen LogP contribution is 2.51. The maximum Gasteiger partial charge on any atom is 0.161 e. The van der Waals surface area contributed by atoms with Crippen molar-refractivity contribution in [2.24, 2.45) is 0 Å². The lowest BCUT2D eigenvalue weighted by Gasteiger charge is -2.32. The summed E-state index contributed by atoms with van der Waals surface area (Å²) in [7, 11) is 0. The Morgan fingerprint density at radius 1 is 1.20 bits per heavy atom. The van der Waals surface area contributed by atoms with Crippen LogP contribution in [0.25, 0.3) is 0 Å². The Bertz CT molecular complexity index is 659. The smallest absolute Gasteiger partial charge is 0.161 e. The zero-order chi connectivity index (χ0) is 13.7. The van der Waals surface area contributed by atoms with Crippen LogP contribution in [-0.2, 0) is 4.79 Å². The number of rotatable bonds is 1. The Labute approximate surface area is 134 Å². The molecule has 3 aliphatic rings. The van der Waals surface area contributed by atoms with Gasteiger partial charge in [0.2, 0.25) is 0 Å². The van der Waals surface area contributed by atoms with Crippen molar-refractivity contribution in [3.63, 3.8) is 0 Å². The molecule has 1 N–H and O–H groups in total. The second-order valence-corrected chi connectivity index (χ2v) is 8.94. The van der Waals surface area contributed by atoms with E-state index >= 15 is 0 Å². The van der Waals surface area contributed by atoms with Gasteiger partial charge < -0.3 is 5.32 Å². The first-order chi connectivity index (χ1) is 9.74. The topological polar surface area (TPSA) is 29.1 Å². The SMILES string of the molecule is O=C1CCCC2=C1C(c1ccc(Br)s1)C1=C(CCS1)N2. The van der Waals surface area contributed by atoms with Crippen molar-refractivity contribution >= 4 is 44.8 Å². The number of Topliss-reactive ketones (excluding diaryl/α,β-unsaturated/α-hetero) is 1. The molecule has 0 amide bonds. The molecule has 0 radical (unpaired) electrons. The standard InChI is InChI=1S/C15H14BrNOS2/c16-12-5-4-11(20-12)14-13-8(2-1-3-10(13)18)17-9-6-7-19-15(9)14/h4-5,14,17H,1-3,6-7H2. The highest BCUT2D eigenvalue weighted by molar-refractivity contribution is 9.11. The minimum absolute atomic E-state index is 0.192. The molecule has 0 saturated carbocycles. The largest absolute Gasteiger partial charge is 0.361 e. The summed E-state index contributed by atoms with van der Waals surface area (Å²) < 4.78 is 1.14. The molecule has 0 spiro atoms. The molecule has 2 aliphatic heterocycles. The van der Waals surface area contributed by atoms with Gasteiger partial charge in [0.1, 0.15) is 0 Å². The van der Waals surface area contributed by atoms with Crippen LogP contribution in [0, 0.1) is 0 Å². The lowest BCUT2D eigenvalue weighted by atomic mass is 9.82. The van der Waals surface area contributed by atoms with Crippen molar-refractivity contribution in [2.75, 3.05) is 5.75 Å². The van der Waals surface area contributed by atoms with Crippen molar-refractivity contribution in [1.82, 2.24) is 5.32 Å². The number of carbonyl (C=O) groups excluding carboxylic acids is 1. The molecule has 2 nitrogen and oxygen atoms in total. The summed E-state index contributed by atoms with van der Waals surface area (Å²) in [5.41, 5.74) is 3.59. The van der Waals surface area contributed by atoms with Gasteiger partial charge in [-0.25, -0.2) is 0 Å². The van der Waals surface area contributed by atoms with Crippen LogP contribution in [0.5, 0.6) is 0 Å². The average Bonchev–Trinajstić information content (AvgIpc) is 3.05. The molecular formula is C15H14BrNOS2. The third-order valence-corrected chi connectivity index (χ3v) is 6.98. The zero-order valence-corrected chi connectivity index (χ0v) is 14.1. The highest BCUT2D eigenvalue weighted by atomic mass is 79.9. The number of thiophene rings is 1. The number of halogens is 1. The maximum atomic E-state index is 12.5. The molecular weight excluding hydrogens is 354 g/mol. The fraction of sp³-hybridized carbons (Fsp3) is 0.400. The minimum Gasteiger partial charge on any atom is -0.361 e. The van der Waals surface area contributed by atoms with E-state index in [1.165, 1.54) is 21.2 Å². The number of carbonyl (C=O) groups is 1. The van der Waals surface area contributed by atoms with Gasteiger partial charge in [-0.3, -0.25) is 4.79 Å². The summed E-state index contributed by atoms with van der Waals surface area (Å²) in [6.45, 7) is 0. The molecule has 1 aliphatic carbocycles. The van der Waals surface area contributed by atoms with Crippen LogP contribution >= 0.6 is 39.0 Å². The Morgan fingerprint density at radius 3 is 2.90 bits per heavy atom. The summed E-state index contributed by atoms with van der Waals surface area (Å²) >= 11 is 7.23. The first-order valence-electron chi connectivity index (χ1n) is 6.88. The van der Waals surface area contributed by atoms with Gasteiger partial charge in [-0.2, -0.15) is 0 Å². The third kappa shape index (κ3) is 2.02. The normalized spacial score (nSPS) is 25.6. The van der Waals surface area contributed by atoms with Crippen LogP contribution < -0.4 is 5.32 Å². The summed E-state index contributed by atoms with van der Waals surface area (Å²) in [5, 5.41) is 3.56. The van der Waals surface area contributed by atoms with E-state index in [9.17, 15) is 4.79 Å². The van der Waals surface area contributed by atoms with Gasteiger partial charge in [-0.1, -0.05) is 0 Å². The average molecular weight is 368 g/mol. The molecule has 4 rings (SSSR count). The fourth-order valence-corrected chi connectivity index (χ4v) is 6.13. The first-order valence-corrected chi connectivity index (χ1v) is 9.48. The Hall–Kier alpha value is -0.520. The number of nitrogens with one attached hydrogen (secondary N) is 1. The van der Waals surface area contributed by atoms with E-state index in [0.717, 1.165) is 34.4 Å². The van der Waals surface area contributed by atoms with E-state index in [1.807, 2.05) is 11.8 Å². The van der Waals surface area contributed by atoms with Gasteiger partial charge in [0.15, 0.2) is 5.78 Å². The van der Waals surface area contributed by atoms with E-state index in [-0.39, 0.29) is 5.92 Å². The molecule has 0 fully saturated rings. The lowest BCUT2D eigenvalue weighted by molar-refractivity contribution is -0.116. The van der Waals surface area contributed by atoms with E-state index in [1.54, 1.807) is 11.3 Å². The van der Waals surface area contributed by atoms with E-state index in [2.05, 4.69) is 33.4 Å². The Balaban J connectivity index is 1.87. The van der Waals surface area contributed by atoms with Crippen LogP contribution in [-0.4, -0.2) is 11.5 Å². The van der Waals surface area contributed by atoms with Crippen molar-refractivity contribution < 1.29 is 4.79 Å². The van der Waals surface area contributed by atoms with Crippen LogP contribution in [0.15, 0.2) is 37.8 Å². The molecule has 0 saturated heterocycles. The van der Waals surface area contributed by atoms with Gasteiger partial charge in [0.25, 0.3) is 0 Å². The number of allylic oxidation sites excluding steroid dienone is 4. The fourth-order valence-electron chi connectivity index (χ4n) is 3.25. The van der Waals surface area contributed by atoms with E-state index in [0.29, 0.717) is 12.2 Å². The Morgan fingerprint density at radius 2 is 2.10 bits per heavy atom. The number of ketones is 1. The van der Waals surface area contributed by atoms with Crippen molar-refractivity contribution in [3.05, 3.63) is 42.7 Å². The molecule has 1 atom stereocenters. The molecule has 0 bridgehead atoms. The highest BCUT2D eigenvalue weighted by Gasteiger charge is 2.38. The van der Waals surface area contributed by atoms with Crippen molar-refractivity contribution in [2.45, 2.75) is 31.6 Å². The number of hydrogen-bond donors (Lipinski definition) is 1. The molecule has 20 heavy (non-hydrogen) atoms. The van der Waals surface area contributed by atoms with E-state index < -0.39 is 0 Å². The van der Waals surface area contributed by atoms with Crippen LogP contribution in [0.2, 0.25) is 0 Å². The molecule has 1 aromatic rings. The van der Waals surface area contributed by atoms with Gasteiger partial charge >= 0.3 is 0 Å². The van der Waals surface area contributed by atoms with Crippen LogP contribution in [0.3, 0.4) is 0 Å². The molecule has 1 aromatic heterocycles. The molecule has 1 unspecified atom stereocenters. The molecule has 3 heterocycles.